The molecule has 5 heteroatoms. The van der Waals surface area contributed by atoms with Crippen LogP contribution in [0.25, 0.3) is 0 Å². The van der Waals surface area contributed by atoms with Gasteiger partial charge in [-0.15, -0.1) is 0 Å². The second-order valence-corrected chi connectivity index (χ2v) is 13.1. The van der Waals surface area contributed by atoms with Gasteiger partial charge >= 0.3 is 6.09 Å². The quantitative estimate of drug-likeness (QED) is 0.188. The molecule has 1 N–H and O–H groups in total. The molecule has 0 aromatic heterocycles. The fourth-order valence-electron chi connectivity index (χ4n) is 5.82. The van der Waals surface area contributed by atoms with E-state index in [0.29, 0.717) is 13.0 Å². The van der Waals surface area contributed by atoms with Crippen molar-refractivity contribution in [3.8, 4) is 0 Å². The molecule has 1 aliphatic heterocycles. The smallest absolute Gasteiger partial charge is 0.412 e. The summed E-state index contributed by atoms with van der Waals surface area (Å²) in [7, 11) is 0. The third-order valence-corrected chi connectivity index (χ3v) is 8.13. The summed E-state index contributed by atoms with van der Waals surface area (Å²) in [6.45, 7) is 12.0. The zero-order chi connectivity index (χ0) is 26.6. The lowest BCUT2D eigenvalue weighted by Crippen LogP contribution is -2.53. The largest absolute Gasteiger partial charge is 0.444 e. The Kier molecular flexibility index (Phi) is 13.6. The van der Waals surface area contributed by atoms with Crippen molar-refractivity contribution in [3.63, 3.8) is 0 Å². The van der Waals surface area contributed by atoms with Gasteiger partial charge in [-0.25, -0.2) is 4.79 Å². The number of aliphatic hydroxyl groups is 1. The van der Waals surface area contributed by atoms with Gasteiger partial charge in [-0.1, -0.05) is 103 Å². The van der Waals surface area contributed by atoms with Crippen molar-refractivity contribution < 1.29 is 19.4 Å². The molecule has 36 heavy (non-hydrogen) atoms. The summed E-state index contributed by atoms with van der Waals surface area (Å²) in [6, 6.07) is -0.345. The molecule has 0 spiro atoms. The lowest BCUT2D eigenvalue weighted by molar-refractivity contribution is -0.0681. The second-order valence-electron chi connectivity index (χ2n) is 13.1. The molecule has 2 rings (SSSR count). The number of rotatable bonds is 18. The SMILES string of the molecule is CCCCCCCCCC[C@@H]1C[C@@H]1CCCCCCC[C@@H](O)[C@@H]1COC(C)(C)N1C(=O)OC(C)(C)C. The third-order valence-electron chi connectivity index (χ3n) is 8.13. The van der Waals surface area contributed by atoms with Crippen LogP contribution < -0.4 is 0 Å². The summed E-state index contributed by atoms with van der Waals surface area (Å²) in [5.74, 6) is 2.05. The van der Waals surface area contributed by atoms with Crippen molar-refractivity contribution in [2.45, 2.75) is 174 Å². The van der Waals surface area contributed by atoms with E-state index >= 15 is 0 Å². The van der Waals surface area contributed by atoms with Crippen LogP contribution >= 0.6 is 0 Å². The fraction of sp³-hybridized carbons (Fsp3) is 0.968. The van der Waals surface area contributed by atoms with Gasteiger partial charge in [0.2, 0.25) is 0 Å². The summed E-state index contributed by atoms with van der Waals surface area (Å²) in [5, 5.41) is 10.8. The summed E-state index contributed by atoms with van der Waals surface area (Å²) >= 11 is 0. The average Bonchev–Trinajstić information content (AvgIpc) is 3.45. The van der Waals surface area contributed by atoms with E-state index in [1.165, 1.54) is 89.9 Å². The number of ether oxygens (including phenoxy) is 2. The minimum absolute atomic E-state index is 0.345. The van der Waals surface area contributed by atoms with Gasteiger partial charge in [-0.2, -0.15) is 0 Å². The van der Waals surface area contributed by atoms with Crippen molar-refractivity contribution in [2.24, 2.45) is 11.8 Å². The summed E-state index contributed by atoms with van der Waals surface area (Å²) in [6.07, 6.45) is 21.5. The minimum atomic E-state index is -0.761. The molecule has 4 atom stereocenters. The van der Waals surface area contributed by atoms with Crippen molar-refractivity contribution in [1.82, 2.24) is 4.90 Å². The highest BCUT2D eigenvalue weighted by atomic mass is 16.6. The first kappa shape index (κ1) is 31.4. The Morgan fingerprint density at radius 2 is 1.42 bits per heavy atom. The Morgan fingerprint density at radius 1 is 0.917 bits per heavy atom. The number of aliphatic hydroxyl groups excluding tert-OH is 1. The number of hydrogen-bond donors (Lipinski definition) is 1. The van der Waals surface area contributed by atoms with Crippen LogP contribution in [0.15, 0.2) is 0 Å². The number of nitrogens with zero attached hydrogens (tertiary/aromatic N) is 1. The molecule has 5 nitrogen and oxygen atoms in total. The van der Waals surface area contributed by atoms with Crippen LogP contribution in [-0.4, -0.2) is 46.2 Å². The van der Waals surface area contributed by atoms with Crippen LogP contribution in [0.5, 0.6) is 0 Å². The first-order valence-corrected chi connectivity index (χ1v) is 15.4. The lowest BCUT2D eigenvalue weighted by Gasteiger charge is -2.36. The van der Waals surface area contributed by atoms with E-state index in [-0.39, 0.29) is 6.04 Å². The van der Waals surface area contributed by atoms with E-state index in [4.69, 9.17) is 9.47 Å². The van der Waals surface area contributed by atoms with Crippen LogP contribution in [0.4, 0.5) is 4.79 Å². The standard InChI is InChI=1S/C31H59NO4/c1-7-8-9-10-11-12-14-17-20-25-23-26(25)21-18-15-13-16-19-22-28(33)27-24-35-31(5,6)32(27)29(34)36-30(2,3)4/h25-28,33H,7-24H2,1-6H3/t25-,26+,27+,28-/m1/s1. The molecular formula is C31H59NO4. The maximum atomic E-state index is 12.8. The Balaban J connectivity index is 1.49. The van der Waals surface area contributed by atoms with Crippen LogP contribution in [0, 0.1) is 11.8 Å². The zero-order valence-corrected chi connectivity index (χ0v) is 24.7. The zero-order valence-electron chi connectivity index (χ0n) is 24.7. The van der Waals surface area contributed by atoms with E-state index in [2.05, 4.69) is 6.92 Å². The molecule has 1 heterocycles. The highest BCUT2D eigenvalue weighted by Crippen LogP contribution is 2.45. The topological polar surface area (TPSA) is 59.0 Å². The molecule has 1 aliphatic carbocycles. The molecule has 0 aromatic carbocycles. The molecule has 1 saturated carbocycles. The first-order chi connectivity index (χ1) is 17.0. The van der Waals surface area contributed by atoms with Gasteiger partial charge in [0.05, 0.1) is 18.8 Å². The number of carbonyl (C=O) groups is 1. The monoisotopic (exact) mass is 509 g/mol. The van der Waals surface area contributed by atoms with Gasteiger partial charge in [0.25, 0.3) is 0 Å². The van der Waals surface area contributed by atoms with Gasteiger partial charge < -0.3 is 14.6 Å². The Labute approximate surface area is 223 Å². The highest BCUT2D eigenvalue weighted by Gasteiger charge is 2.48. The van der Waals surface area contributed by atoms with Crippen molar-refractivity contribution in [2.75, 3.05) is 6.61 Å². The highest BCUT2D eigenvalue weighted by molar-refractivity contribution is 5.69. The molecule has 2 aliphatic rings. The predicted molar refractivity (Wildman–Crippen MR) is 149 cm³/mol. The summed E-state index contributed by atoms with van der Waals surface area (Å²) in [4.78, 5) is 14.4. The molecule has 2 fully saturated rings. The van der Waals surface area contributed by atoms with E-state index in [1.807, 2.05) is 34.6 Å². The maximum absolute atomic E-state index is 12.8. The Bertz CT molecular complexity index is 614. The third kappa shape index (κ3) is 11.7. The Morgan fingerprint density at radius 3 is 1.94 bits per heavy atom. The fourth-order valence-corrected chi connectivity index (χ4v) is 5.82. The maximum Gasteiger partial charge on any atom is 0.412 e. The summed E-state index contributed by atoms with van der Waals surface area (Å²) < 4.78 is 11.4. The molecule has 1 saturated heterocycles. The van der Waals surface area contributed by atoms with Crippen LogP contribution in [0.2, 0.25) is 0 Å². The van der Waals surface area contributed by atoms with E-state index in [1.54, 1.807) is 4.90 Å². The van der Waals surface area contributed by atoms with Gasteiger partial charge in [-0.3, -0.25) is 4.90 Å². The van der Waals surface area contributed by atoms with E-state index < -0.39 is 23.5 Å². The number of carbonyl (C=O) groups excluding carboxylic acids is 1. The molecule has 1 amide bonds. The molecule has 0 unspecified atom stereocenters. The molecular weight excluding hydrogens is 450 g/mol. The first-order valence-electron chi connectivity index (χ1n) is 15.4. The van der Waals surface area contributed by atoms with Crippen molar-refractivity contribution >= 4 is 6.09 Å². The summed E-state index contributed by atoms with van der Waals surface area (Å²) in [5.41, 5.74) is -1.33. The Hall–Kier alpha value is -0.810. The van der Waals surface area contributed by atoms with Crippen LogP contribution in [0.1, 0.15) is 151 Å². The number of hydrogen-bond acceptors (Lipinski definition) is 4. The van der Waals surface area contributed by atoms with Gasteiger partial charge in [0.1, 0.15) is 11.3 Å². The predicted octanol–water partition coefficient (Wildman–Crippen LogP) is 8.62. The molecule has 0 radical (unpaired) electrons. The van der Waals surface area contributed by atoms with Gasteiger partial charge in [0.15, 0.2) is 0 Å². The van der Waals surface area contributed by atoms with E-state index in [9.17, 15) is 9.90 Å². The average molecular weight is 510 g/mol. The van der Waals surface area contributed by atoms with Crippen molar-refractivity contribution in [1.29, 1.82) is 0 Å². The normalized spacial score (nSPS) is 24.2. The van der Waals surface area contributed by atoms with Gasteiger partial charge in [0, 0.05) is 0 Å². The van der Waals surface area contributed by atoms with Crippen molar-refractivity contribution in [3.05, 3.63) is 0 Å². The molecule has 212 valence electrons. The minimum Gasteiger partial charge on any atom is -0.444 e. The van der Waals surface area contributed by atoms with Crippen LogP contribution in [-0.2, 0) is 9.47 Å². The number of amides is 1. The van der Waals surface area contributed by atoms with E-state index in [0.717, 1.165) is 24.7 Å². The second kappa shape index (κ2) is 15.6. The lowest BCUT2D eigenvalue weighted by atomic mass is 10.0. The van der Waals surface area contributed by atoms with Crippen LogP contribution in [0.3, 0.4) is 0 Å². The van der Waals surface area contributed by atoms with Gasteiger partial charge in [-0.05, 0) is 59.3 Å². The molecule has 0 aromatic rings. The molecule has 0 bridgehead atoms. The number of unbranched alkanes of at least 4 members (excludes halogenated alkanes) is 11.